The zero-order valence-corrected chi connectivity index (χ0v) is 14.8. The molecule has 1 saturated carbocycles. The summed E-state index contributed by atoms with van der Waals surface area (Å²) in [5.41, 5.74) is 1.14. The summed E-state index contributed by atoms with van der Waals surface area (Å²) in [5, 5.41) is 10.3. The molecule has 2 fully saturated rings. The van der Waals surface area contributed by atoms with E-state index in [0.717, 1.165) is 31.1 Å². The van der Waals surface area contributed by atoms with Crippen molar-refractivity contribution in [2.75, 3.05) is 19.6 Å². The summed E-state index contributed by atoms with van der Waals surface area (Å²) in [6, 6.07) is 2.99. The molecule has 134 valence electrons. The van der Waals surface area contributed by atoms with Crippen LogP contribution in [0.5, 0.6) is 0 Å². The molecule has 2 heterocycles. The van der Waals surface area contributed by atoms with Crippen molar-refractivity contribution in [3.8, 4) is 0 Å². The van der Waals surface area contributed by atoms with E-state index in [2.05, 4.69) is 20.6 Å². The van der Waals surface area contributed by atoms with Gasteiger partial charge in [0.05, 0.1) is 0 Å². The van der Waals surface area contributed by atoms with Crippen LogP contribution in [-0.2, 0) is 13.5 Å². The second-order valence-corrected chi connectivity index (χ2v) is 7.22. The number of nitrogens with zero attached hydrogens (tertiary/aromatic N) is 3. The molecule has 0 spiro atoms. The fraction of sp³-hybridized carbons (Fsp3) is 0.778. The summed E-state index contributed by atoms with van der Waals surface area (Å²) in [6.45, 7) is 2.86. The molecule has 1 atom stereocenters. The molecule has 2 aliphatic rings. The maximum Gasteiger partial charge on any atom is 0.315 e. The van der Waals surface area contributed by atoms with E-state index in [9.17, 15) is 4.79 Å². The summed E-state index contributed by atoms with van der Waals surface area (Å²) in [5.74, 6) is 0. The lowest BCUT2D eigenvalue weighted by molar-refractivity contribution is 0.112. The van der Waals surface area contributed by atoms with Gasteiger partial charge in [0.1, 0.15) is 0 Å². The number of nitrogens with one attached hydrogen (secondary N) is 2. The average molecular weight is 333 g/mol. The van der Waals surface area contributed by atoms with Crippen molar-refractivity contribution in [1.29, 1.82) is 0 Å². The molecule has 6 heteroatoms. The Morgan fingerprint density at radius 3 is 2.83 bits per heavy atom. The molecule has 0 unspecified atom stereocenters. The fourth-order valence-corrected chi connectivity index (χ4v) is 4.09. The first kappa shape index (κ1) is 17.3. The standard InChI is InChI=1S/C18H31N5O/c1-22-16(10-12-20-22)9-11-19-18(24)21-15-6-5-13-23(14-15)17-7-3-2-4-8-17/h10,12,15,17H,2-9,11,13-14H2,1H3,(H2,19,21,24)/t15-/m0/s1. The Morgan fingerprint density at radius 2 is 2.08 bits per heavy atom. The maximum atomic E-state index is 12.1. The first-order valence-corrected chi connectivity index (χ1v) is 9.47. The zero-order chi connectivity index (χ0) is 16.8. The van der Waals surface area contributed by atoms with Crippen molar-refractivity contribution in [1.82, 2.24) is 25.3 Å². The molecule has 0 bridgehead atoms. The first-order chi connectivity index (χ1) is 11.7. The van der Waals surface area contributed by atoms with E-state index >= 15 is 0 Å². The summed E-state index contributed by atoms with van der Waals surface area (Å²) in [4.78, 5) is 14.8. The van der Waals surface area contributed by atoms with Gasteiger partial charge in [-0.2, -0.15) is 5.10 Å². The molecule has 2 N–H and O–H groups in total. The van der Waals surface area contributed by atoms with E-state index in [-0.39, 0.29) is 12.1 Å². The summed E-state index contributed by atoms with van der Waals surface area (Å²) < 4.78 is 1.85. The molecule has 24 heavy (non-hydrogen) atoms. The smallest absolute Gasteiger partial charge is 0.315 e. The largest absolute Gasteiger partial charge is 0.338 e. The van der Waals surface area contributed by atoms with E-state index in [0.29, 0.717) is 6.54 Å². The Labute approximate surface area is 145 Å². The molecule has 2 amide bonds. The van der Waals surface area contributed by atoms with Gasteiger partial charge in [0.2, 0.25) is 0 Å². The minimum Gasteiger partial charge on any atom is -0.338 e. The van der Waals surface area contributed by atoms with Crippen molar-refractivity contribution in [2.24, 2.45) is 7.05 Å². The number of rotatable bonds is 5. The van der Waals surface area contributed by atoms with Gasteiger partial charge in [0.25, 0.3) is 0 Å². The van der Waals surface area contributed by atoms with Crippen LogP contribution >= 0.6 is 0 Å². The van der Waals surface area contributed by atoms with E-state index in [1.54, 1.807) is 6.20 Å². The Hall–Kier alpha value is -1.56. The summed E-state index contributed by atoms with van der Waals surface area (Å²) in [7, 11) is 1.93. The number of likely N-dealkylation sites (tertiary alicyclic amines) is 1. The van der Waals surface area contributed by atoms with Gasteiger partial charge in [0, 0.05) is 50.5 Å². The zero-order valence-electron chi connectivity index (χ0n) is 14.8. The van der Waals surface area contributed by atoms with Crippen LogP contribution in [0.1, 0.15) is 50.6 Å². The highest BCUT2D eigenvalue weighted by Crippen LogP contribution is 2.25. The first-order valence-electron chi connectivity index (χ1n) is 9.47. The van der Waals surface area contributed by atoms with Crippen LogP contribution in [-0.4, -0.2) is 52.4 Å². The van der Waals surface area contributed by atoms with Crippen molar-refractivity contribution >= 4 is 6.03 Å². The van der Waals surface area contributed by atoms with Gasteiger partial charge in [-0.25, -0.2) is 4.79 Å². The second kappa shape index (κ2) is 8.51. The van der Waals surface area contributed by atoms with Gasteiger partial charge in [-0.1, -0.05) is 19.3 Å². The van der Waals surface area contributed by atoms with Crippen LogP contribution in [0.15, 0.2) is 12.3 Å². The number of carbonyl (C=O) groups excluding carboxylic acids is 1. The molecule has 1 saturated heterocycles. The van der Waals surface area contributed by atoms with Crippen molar-refractivity contribution in [3.63, 3.8) is 0 Å². The highest BCUT2D eigenvalue weighted by molar-refractivity contribution is 5.74. The number of amides is 2. The highest BCUT2D eigenvalue weighted by Gasteiger charge is 2.27. The number of hydrogen-bond donors (Lipinski definition) is 2. The topological polar surface area (TPSA) is 62.2 Å². The van der Waals surface area contributed by atoms with Crippen LogP contribution in [0.4, 0.5) is 4.79 Å². The summed E-state index contributed by atoms with van der Waals surface area (Å²) in [6.07, 6.45) is 11.7. The molecule has 1 aromatic rings. The number of aromatic nitrogens is 2. The van der Waals surface area contributed by atoms with E-state index in [4.69, 9.17) is 0 Å². The van der Waals surface area contributed by atoms with Crippen LogP contribution in [0.3, 0.4) is 0 Å². The molecule has 3 rings (SSSR count). The lowest BCUT2D eigenvalue weighted by Gasteiger charge is -2.40. The Kier molecular flexibility index (Phi) is 6.12. The number of urea groups is 1. The number of carbonyl (C=O) groups is 1. The molecular weight excluding hydrogens is 302 g/mol. The fourth-order valence-electron chi connectivity index (χ4n) is 4.09. The second-order valence-electron chi connectivity index (χ2n) is 7.22. The Morgan fingerprint density at radius 1 is 1.25 bits per heavy atom. The van der Waals surface area contributed by atoms with Crippen molar-refractivity contribution in [2.45, 2.75) is 63.5 Å². The lowest BCUT2D eigenvalue weighted by atomic mass is 9.92. The van der Waals surface area contributed by atoms with Crippen molar-refractivity contribution < 1.29 is 4.79 Å². The van der Waals surface area contributed by atoms with Gasteiger partial charge < -0.3 is 10.6 Å². The molecule has 6 nitrogen and oxygen atoms in total. The van der Waals surface area contributed by atoms with Crippen LogP contribution in [0, 0.1) is 0 Å². The van der Waals surface area contributed by atoms with Crippen molar-refractivity contribution in [3.05, 3.63) is 18.0 Å². The predicted molar refractivity (Wildman–Crippen MR) is 94.9 cm³/mol. The number of hydrogen-bond acceptors (Lipinski definition) is 3. The molecule has 1 aliphatic carbocycles. The van der Waals surface area contributed by atoms with Crippen LogP contribution in [0.25, 0.3) is 0 Å². The highest BCUT2D eigenvalue weighted by atomic mass is 16.2. The van der Waals surface area contributed by atoms with Gasteiger partial charge in [0.15, 0.2) is 0 Å². The third-order valence-electron chi connectivity index (χ3n) is 5.47. The predicted octanol–water partition coefficient (Wildman–Crippen LogP) is 2.06. The molecular formula is C18H31N5O. The minimum absolute atomic E-state index is 0.0346. The Balaban J connectivity index is 1.38. The van der Waals surface area contributed by atoms with E-state index in [1.165, 1.54) is 45.1 Å². The van der Waals surface area contributed by atoms with Crippen LogP contribution < -0.4 is 10.6 Å². The van der Waals surface area contributed by atoms with Gasteiger partial charge >= 0.3 is 6.03 Å². The SMILES string of the molecule is Cn1nccc1CCNC(=O)N[C@H]1CCCN(C2CCCCC2)C1. The van der Waals surface area contributed by atoms with Crippen LogP contribution in [0.2, 0.25) is 0 Å². The molecule has 1 aromatic heterocycles. The van der Waals surface area contributed by atoms with Gasteiger partial charge in [-0.05, 0) is 38.3 Å². The third kappa shape index (κ3) is 4.72. The number of aryl methyl sites for hydroxylation is 1. The van der Waals surface area contributed by atoms with E-state index < -0.39 is 0 Å². The molecule has 1 aliphatic heterocycles. The number of piperidine rings is 1. The quantitative estimate of drug-likeness (QED) is 0.867. The summed E-state index contributed by atoms with van der Waals surface area (Å²) >= 11 is 0. The maximum absolute atomic E-state index is 12.1. The monoisotopic (exact) mass is 333 g/mol. The van der Waals surface area contributed by atoms with Gasteiger partial charge in [-0.15, -0.1) is 0 Å². The minimum atomic E-state index is -0.0346. The molecule has 0 aromatic carbocycles. The third-order valence-corrected chi connectivity index (χ3v) is 5.47. The van der Waals surface area contributed by atoms with E-state index in [1.807, 2.05) is 17.8 Å². The Bertz CT molecular complexity index is 523. The molecule has 0 radical (unpaired) electrons. The average Bonchev–Trinajstić information content (AvgIpc) is 3.01. The normalized spacial score (nSPS) is 23.1. The lowest BCUT2D eigenvalue weighted by Crippen LogP contribution is -2.53. The van der Waals surface area contributed by atoms with Gasteiger partial charge in [-0.3, -0.25) is 9.58 Å².